The number of H-pyrrole nitrogens is 1. The van der Waals surface area contributed by atoms with Crippen molar-refractivity contribution >= 4 is 11.1 Å². The molecule has 1 aliphatic carbocycles. The van der Waals surface area contributed by atoms with Gasteiger partial charge in [0.05, 0.1) is 22.8 Å². The third-order valence-electron chi connectivity index (χ3n) is 6.73. The predicted octanol–water partition coefficient (Wildman–Crippen LogP) is 2.34. The number of benzene rings is 2. The predicted molar refractivity (Wildman–Crippen MR) is 125 cm³/mol. The first-order valence-electron chi connectivity index (χ1n) is 11.3. The molecular formula is C24H16F3N5O6. The molecule has 3 heterocycles. The van der Waals surface area contributed by atoms with Gasteiger partial charge >= 0.3 is 23.4 Å². The molecule has 1 aliphatic rings. The summed E-state index contributed by atoms with van der Waals surface area (Å²) < 4.78 is 53.8. The number of nitrogens with one attached hydrogen (secondary N) is 1. The lowest BCUT2D eigenvalue weighted by Gasteiger charge is -2.19. The van der Waals surface area contributed by atoms with Gasteiger partial charge in [-0.1, -0.05) is 17.3 Å². The maximum atomic E-state index is 13.8. The minimum atomic E-state index is -4.61. The molecule has 0 aliphatic heterocycles. The highest BCUT2D eigenvalue weighted by Gasteiger charge is 2.38. The van der Waals surface area contributed by atoms with Crippen LogP contribution in [-0.2, 0) is 19.6 Å². The Balaban J connectivity index is 1.63. The molecule has 5 aromatic rings. The van der Waals surface area contributed by atoms with Crippen LogP contribution in [0.4, 0.5) is 13.2 Å². The molecule has 0 saturated carbocycles. The normalized spacial score (nSPS) is 15.3. The standard InChI is InChI=1S/C24H16F3N5O6/c1-30-17-7-5-11(9-18(17)37-23(30)36)31-10-14(19-28-21(34)38-29-19)20(33)32(22(31)35)16-8-6-12-13(16)3-2-4-15(12)24(25,26)27/h2-5,7,9-10,16H,6,8H2,1H3,(H,28,29,34). The van der Waals surface area contributed by atoms with Crippen molar-refractivity contribution in [3.8, 4) is 17.1 Å². The van der Waals surface area contributed by atoms with Crippen LogP contribution in [0, 0.1) is 0 Å². The Labute approximate surface area is 208 Å². The van der Waals surface area contributed by atoms with Crippen LogP contribution < -0.4 is 22.8 Å². The Morgan fingerprint density at radius 3 is 2.61 bits per heavy atom. The Hall–Kier alpha value is -4.88. The van der Waals surface area contributed by atoms with Crippen LogP contribution in [0.1, 0.15) is 29.2 Å². The van der Waals surface area contributed by atoms with E-state index in [2.05, 4.69) is 14.7 Å². The van der Waals surface area contributed by atoms with Gasteiger partial charge in [0.25, 0.3) is 5.56 Å². The first kappa shape index (κ1) is 23.5. The highest BCUT2D eigenvalue weighted by atomic mass is 19.4. The number of rotatable bonds is 3. The number of hydrogen-bond acceptors (Lipinski definition) is 7. The van der Waals surface area contributed by atoms with Gasteiger partial charge in [0.15, 0.2) is 11.4 Å². The topological polar surface area (TPSA) is 138 Å². The number of oxazole rings is 1. The summed E-state index contributed by atoms with van der Waals surface area (Å²) in [7, 11) is 1.51. The van der Waals surface area contributed by atoms with E-state index in [1.54, 1.807) is 0 Å². The highest BCUT2D eigenvalue weighted by Crippen LogP contribution is 2.41. The lowest BCUT2D eigenvalue weighted by Crippen LogP contribution is -2.42. The number of aromatic nitrogens is 5. The number of fused-ring (bicyclic) bond motifs is 2. The van der Waals surface area contributed by atoms with Crippen molar-refractivity contribution in [3.05, 3.63) is 101 Å². The van der Waals surface area contributed by atoms with Crippen LogP contribution in [0.2, 0.25) is 0 Å². The van der Waals surface area contributed by atoms with Crippen LogP contribution in [0.3, 0.4) is 0 Å². The molecule has 2 aromatic carbocycles. The molecule has 6 rings (SSSR count). The first-order valence-corrected chi connectivity index (χ1v) is 11.3. The Kier molecular flexibility index (Phi) is 4.99. The van der Waals surface area contributed by atoms with E-state index in [9.17, 15) is 32.3 Å². The van der Waals surface area contributed by atoms with Gasteiger partial charge < -0.3 is 4.42 Å². The maximum absolute atomic E-state index is 13.8. The highest BCUT2D eigenvalue weighted by molar-refractivity contribution is 5.75. The van der Waals surface area contributed by atoms with Crippen molar-refractivity contribution in [1.29, 1.82) is 0 Å². The van der Waals surface area contributed by atoms with Gasteiger partial charge in [-0.3, -0.25) is 28.0 Å². The van der Waals surface area contributed by atoms with Crippen molar-refractivity contribution in [1.82, 2.24) is 23.8 Å². The molecule has 194 valence electrons. The van der Waals surface area contributed by atoms with E-state index in [1.165, 1.54) is 41.9 Å². The summed E-state index contributed by atoms with van der Waals surface area (Å²) in [6.45, 7) is 0. The summed E-state index contributed by atoms with van der Waals surface area (Å²) in [6, 6.07) is 7.08. The zero-order valence-corrected chi connectivity index (χ0v) is 19.4. The SMILES string of the molecule is Cn1c(=O)oc2cc(-n3cc(-c4noc(=O)[nH]4)c(=O)n(C4CCc5c4cccc5C(F)(F)F)c3=O)ccc21. The second-order valence-corrected chi connectivity index (χ2v) is 8.82. The first-order chi connectivity index (χ1) is 18.0. The molecule has 0 bridgehead atoms. The van der Waals surface area contributed by atoms with Crippen molar-refractivity contribution in [3.63, 3.8) is 0 Å². The number of nitrogens with zero attached hydrogens (tertiary/aromatic N) is 4. The molecule has 0 saturated heterocycles. The zero-order valence-electron chi connectivity index (χ0n) is 19.4. The average molecular weight is 527 g/mol. The average Bonchev–Trinajstić information content (AvgIpc) is 3.56. The van der Waals surface area contributed by atoms with E-state index in [-0.39, 0.29) is 46.6 Å². The summed E-state index contributed by atoms with van der Waals surface area (Å²) in [4.78, 5) is 53.1. The van der Waals surface area contributed by atoms with Crippen LogP contribution in [-0.4, -0.2) is 23.8 Å². The van der Waals surface area contributed by atoms with Crippen LogP contribution >= 0.6 is 0 Å². The molecule has 0 amide bonds. The molecule has 0 radical (unpaired) electrons. The van der Waals surface area contributed by atoms with E-state index >= 15 is 0 Å². The van der Waals surface area contributed by atoms with Gasteiger partial charge in [0.2, 0.25) is 0 Å². The van der Waals surface area contributed by atoms with Crippen molar-refractivity contribution < 1.29 is 22.1 Å². The summed E-state index contributed by atoms with van der Waals surface area (Å²) in [5, 5.41) is 3.55. The second-order valence-electron chi connectivity index (χ2n) is 8.82. The Morgan fingerprint density at radius 1 is 1.11 bits per heavy atom. The number of aryl methyl sites for hydroxylation is 1. The third-order valence-corrected chi connectivity index (χ3v) is 6.73. The molecule has 1 N–H and O–H groups in total. The van der Waals surface area contributed by atoms with E-state index in [1.807, 2.05) is 0 Å². The molecule has 11 nitrogen and oxygen atoms in total. The molecule has 1 unspecified atom stereocenters. The summed E-state index contributed by atoms with van der Waals surface area (Å²) >= 11 is 0. The molecule has 1 atom stereocenters. The number of aromatic amines is 1. The van der Waals surface area contributed by atoms with Gasteiger partial charge in [-0.15, -0.1) is 0 Å². The van der Waals surface area contributed by atoms with Crippen molar-refractivity contribution in [2.45, 2.75) is 25.1 Å². The van der Waals surface area contributed by atoms with Crippen LogP contribution in [0.5, 0.6) is 0 Å². The van der Waals surface area contributed by atoms with Gasteiger partial charge in [-0.05, 0) is 42.2 Å². The van der Waals surface area contributed by atoms with Crippen molar-refractivity contribution in [2.75, 3.05) is 0 Å². The van der Waals surface area contributed by atoms with Gasteiger partial charge in [-0.25, -0.2) is 14.4 Å². The molecule has 0 fully saturated rings. The molecule has 0 spiro atoms. The minimum Gasteiger partial charge on any atom is -0.408 e. The van der Waals surface area contributed by atoms with Crippen molar-refractivity contribution in [2.24, 2.45) is 7.05 Å². The molecule has 38 heavy (non-hydrogen) atoms. The molecule has 3 aromatic heterocycles. The fourth-order valence-corrected chi connectivity index (χ4v) is 4.98. The summed E-state index contributed by atoms with van der Waals surface area (Å²) in [6.07, 6.45) is -3.42. The fraction of sp³-hybridized carbons (Fsp3) is 0.208. The Morgan fingerprint density at radius 2 is 1.89 bits per heavy atom. The van der Waals surface area contributed by atoms with Crippen LogP contribution in [0.25, 0.3) is 28.2 Å². The van der Waals surface area contributed by atoms with E-state index in [0.29, 0.717) is 5.52 Å². The van der Waals surface area contributed by atoms with E-state index in [0.717, 1.165) is 21.4 Å². The fourth-order valence-electron chi connectivity index (χ4n) is 4.98. The van der Waals surface area contributed by atoms with E-state index in [4.69, 9.17) is 4.42 Å². The maximum Gasteiger partial charge on any atom is 0.439 e. The number of hydrogen-bond donors (Lipinski definition) is 1. The molecular weight excluding hydrogens is 511 g/mol. The lowest BCUT2D eigenvalue weighted by molar-refractivity contribution is -0.138. The molecule has 14 heteroatoms. The monoisotopic (exact) mass is 527 g/mol. The van der Waals surface area contributed by atoms with Gasteiger partial charge in [0.1, 0.15) is 5.56 Å². The second kappa shape index (κ2) is 8.06. The van der Waals surface area contributed by atoms with Crippen LogP contribution in [0.15, 0.2) is 70.7 Å². The smallest absolute Gasteiger partial charge is 0.408 e. The number of alkyl halides is 3. The third kappa shape index (κ3) is 3.48. The lowest BCUT2D eigenvalue weighted by atomic mass is 10.0. The largest absolute Gasteiger partial charge is 0.439 e. The zero-order chi connectivity index (χ0) is 26.9. The Bertz CT molecular complexity index is 1990. The van der Waals surface area contributed by atoms with Gasteiger partial charge in [0, 0.05) is 19.3 Å². The minimum absolute atomic E-state index is 0.00623. The quantitative estimate of drug-likeness (QED) is 0.380. The summed E-state index contributed by atoms with van der Waals surface area (Å²) in [5.74, 6) is -1.84. The summed E-state index contributed by atoms with van der Waals surface area (Å²) in [5.41, 5.74) is -1.77. The van der Waals surface area contributed by atoms with Gasteiger partial charge in [-0.2, -0.15) is 13.2 Å². The van der Waals surface area contributed by atoms with E-state index < -0.39 is 40.5 Å². The number of halogens is 3.